The first kappa shape index (κ1) is 13.3. The van der Waals surface area contributed by atoms with Crippen LogP contribution in [0, 0.1) is 0 Å². The predicted molar refractivity (Wildman–Crippen MR) is 82.7 cm³/mol. The van der Waals surface area contributed by atoms with E-state index >= 15 is 0 Å². The molecule has 0 spiro atoms. The van der Waals surface area contributed by atoms with Gasteiger partial charge in [0.2, 0.25) is 5.13 Å². The molecule has 0 fully saturated rings. The zero-order valence-electron chi connectivity index (χ0n) is 10.5. The summed E-state index contributed by atoms with van der Waals surface area (Å²) in [6, 6.07) is 1.99. The van der Waals surface area contributed by atoms with Gasteiger partial charge in [-0.3, -0.25) is 10.1 Å². The fourth-order valence-corrected chi connectivity index (χ4v) is 3.69. The summed E-state index contributed by atoms with van der Waals surface area (Å²) in [5, 5.41) is 18.6. The van der Waals surface area contributed by atoms with Crippen LogP contribution < -0.4 is 5.32 Å². The number of anilines is 1. The molecule has 3 aromatic heterocycles. The largest absolute Gasteiger partial charge is 0.295 e. The smallest absolute Gasteiger partial charge is 0.276 e. The average Bonchev–Trinajstić information content (AvgIpc) is 3.19. The van der Waals surface area contributed by atoms with E-state index in [9.17, 15) is 4.79 Å². The third-order valence-electron chi connectivity index (χ3n) is 2.49. The van der Waals surface area contributed by atoms with Gasteiger partial charge in [-0.2, -0.15) is 11.3 Å². The van der Waals surface area contributed by atoms with Gasteiger partial charge in [-0.05, 0) is 17.9 Å². The van der Waals surface area contributed by atoms with E-state index in [1.807, 2.05) is 23.8 Å². The first-order chi connectivity index (χ1) is 9.76. The van der Waals surface area contributed by atoms with Crippen molar-refractivity contribution in [1.82, 2.24) is 15.2 Å². The SMILES string of the molecule is CCc1nnc(NC(=O)c2csc(-c3ccsc3)n2)s1. The van der Waals surface area contributed by atoms with E-state index in [-0.39, 0.29) is 5.91 Å². The molecule has 1 amide bonds. The molecule has 1 N–H and O–H groups in total. The van der Waals surface area contributed by atoms with Crippen molar-refractivity contribution in [3.63, 3.8) is 0 Å². The van der Waals surface area contributed by atoms with Gasteiger partial charge in [0.15, 0.2) is 0 Å². The molecule has 0 bridgehead atoms. The number of thiophene rings is 1. The lowest BCUT2D eigenvalue weighted by Gasteiger charge is -1.96. The Hall–Kier alpha value is -1.64. The Labute approximate surface area is 127 Å². The summed E-state index contributed by atoms with van der Waals surface area (Å²) in [5.41, 5.74) is 1.45. The van der Waals surface area contributed by atoms with Gasteiger partial charge in [0.1, 0.15) is 15.7 Å². The zero-order chi connectivity index (χ0) is 13.9. The highest BCUT2D eigenvalue weighted by Gasteiger charge is 2.14. The van der Waals surface area contributed by atoms with Crippen molar-refractivity contribution in [2.75, 3.05) is 5.32 Å². The first-order valence-electron chi connectivity index (χ1n) is 5.88. The van der Waals surface area contributed by atoms with Gasteiger partial charge in [0, 0.05) is 16.3 Å². The molecule has 0 aromatic carbocycles. The molecular weight excluding hydrogens is 312 g/mol. The quantitative estimate of drug-likeness (QED) is 0.798. The molecule has 0 saturated heterocycles. The lowest BCUT2D eigenvalue weighted by Crippen LogP contribution is -2.12. The number of rotatable bonds is 4. The third-order valence-corrected chi connectivity index (χ3v) is 5.05. The van der Waals surface area contributed by atoms with Crippen LogP contribution in [0.4, 0.5) is 5.13 Å². The molecule has 0 aliphatic heterocycles. The van der Waals surface area contributed by atoms with E-state index in [1.54, 1.807) is 16.7 Å². The summed E-state index contributed by atoms with van der Waals surface area (Å²) < 4.78 is 0. The molecule has 0 radical (unpaired) electrons. The number of aromatic nitrogens is 3. The van der Waals surface area contributed by atoms with Crippen molar-refractivity contribution >= 4 is 45.0 Å². The van der Waals surface area contributed by atoms with Crippen molar-refractivity contribution in [2.45, 2.75) is 13.3 Å². The number of nitrogens with one attached hydrogen (secondary N) is 1. The van der Waals surface area contributed by atoms with Crippen molar-refractivity contribution < 1.29 is 4.79 Å². The Balaban J connectivity index is 1.74. The average molecular weight is 322 g/mol. The normalized spacial score (nSPS) is 10.7. The molecule has 0 aliphatic rings. The number of carbonyl (C=O) groups is 1. The topological polar surface area (TPSA) is 67.8 Å². The number of aryl methyl sites for hydroxylation is 1. The van der Waals surface area contributed by atoms with Gasteiger partial charge >= 0.3 is 0 Å². The van der Waals surface area contributed by atoms with Gasteiger partial charge in [-0.25, -0.2) is 4.98 Å². The monoisotopic (exact) mass is 322 g/mol. The molecule has 8 heteroatoms. The first-order valence-corrected chi connectivity index (χ1v) is 8.52. The fraction of sp³-hybridized carbons (Fsp3) is 0.167. The summed E-state index contributed by atoms with van der Waals surface area (Å²) in [6.07, 6.45) is 0.812. The molecule has 0 unspecified atom stereocenters. The van der Waals surface area contributed by atoms with E-state index in [1.165, 1.54) is 22.7 Å². The number of hydrogen-bond acceptors (Lipinski definition) is 7. The molecule has 0 saturated carbocycles. The van der Waals surface area contributed by atoms with Gasteiger partial charge in [0.25, 0.3) is 5.91 Å². The highest BCUT2D eigenvalue weighted by Crippen LogP contribution is 2.26. The standard InChI is InChI=1S/C12H10N4OS3/c1-2-9-15-16-12(20-9)14-10(17)8-6-19-11(13-8)7-3-4-18-5-7/h3-6H,2H2,1H3,(H,14,16,17). The zero-order valence-corrected chi connectivity index (χ0v) is 12.9. The maximum Gasteiger partial charge on any atom is 0.276 e. The lowest BCUT2D eigenvalue weighted by molar-refractivity contribution is 0.102. The number of amides is 1. The van der Waals surface area contributed by atoms with Crippen molar-refractivity contribution in [2.24, 2.45) is 0 Å². The summed E-state index contributed by atoms with van der Waals surface area (Å²) in [4.78, 5) is 16.4. The Bertz CT molecular complexity index is 717. The highest BCUT2D eigenvalue weighted by atomic mass is 32.1. The highest BCUT2D eigenvalue weighted by molar-refractivity contribution is 7.15. The lowest BCUT2D eigenvalue weighted by atomic mass is 10.3. The van der Waals surface area contributed by atoms with Crippen LogP contribution in [0.15, 0.2) is 22.2 Å². The van der Waals surface area contributed by atoms with Crippen LogP contribution in [0.2, 0.25) is 0 Å². The molecule has 102 valence electrons. The molecule has 20 heavy (non-hydrogen) atoms. The van der Waals surface area contributed by atoms with Gasteiger partial charge in [0.05, 0.1) is 0 Å². The van der Waals surface area contributed by atoms with Crippen LogP contribution in [0.3, 0.4) is 0 Å². The van der Waals surface area contributed by atoms with Crippen molar-refractivity contribution in [1.29, 1.82) is 0 Å². The van der Waals surface area contributed by atoms with E-state index < -0.39 is 0 Å². The maximum atomic E-state index is 12.1. The van der Waals surface area contributed by atoms with Crippen molar-refractivity contribution in [3.8, 4) is 10.6 Å². The Kier molecular flexibility index (Phi) is 3.86. The van der Waals surface area contributed by atoms with Gasteiger partial charge in [-0.1, -0.05) is 18.3 Å². The molecule has 3 heterocycles. The third kappa shape index (κ3) is 2.77. The van der Waals surface area contributed by atoms with Gasteiger partial charge < -0.3 is 0 Å². The molecule has 3 aromatic rings. The number of hydrogen-bond donors (Lipinski definition) is 1. The summed E-state index contributed by atoms with van der Waals surface area (Å²) in [6.45, 7) is 2.00. The molecule has 0 atom stereocenters. The van der Waals surface area contributed by atoms with Crippen LogP contribution in [0.1, 0.15) is 22.4 Å². The summed E-state index contributed by atoms with van der Waals surface area (Å²) in [5.74, 6) is -0.249. The van der Waals surface area contributed by atoms with Crippen LogP contribution in [0.25, 0.3) is 10.6 Å². The minimum absolute atomic E-state index is 0.249. The molecule has 0 aliphatic carbocycles. The fourth-order valence-electron chi connectivity index (χ4n) is 1.50. The second kappa shape index (κ2) is 5.78. The Morgan fingerprint density at radius 3 is 2.95 bits per heavy atom. The van der Waals surface area contributed by atoms with Crippen LogP contribution in [-0.4, -0.2) is 21.1 Å². The predicted octanol–water partition coefficient (Wildman–Crippen LogP) is 3.54. The van der Waals surface area contributed by atoms with E-state index in [2.05, 4.69) is 20.5 Å². The minimum atomic E-state index is -0.249. The summed E-state index contributed by atoms with van der Waals surface area (Å²) in [7, 11) is 0. The number of nitrogens with zero attached hydrogens (tertiary/aromatic N) is 3. The minimum Gasteiger partial charge on any atom is -0.295 e. The summed E-state index contributed by atoms with van der Waals surface area (Å²) >= 11 is 4.45. The second-order valence-electron chi connectivity index (χ2n) is 3.86. The van der Waals surface area contributed by atoms with E-state index in [0.717, 1.165) is 22.0 Å². The van der Waals surface area contributed by atoms with E-state index in [4.69, 9.17) is 0 Å². The Morgan fingerprint density at radius 1 is 1.35 bits per heavy atom. The van der Waals surface area contributed by atoms with Crippen LogP contribution >= 0.6 is 34.0 Å². The second-order valence-corrected chi connectivity index (χ2v) is 6.56. The number of thiazole rings is 1. The van der Waals surface area contributed by atoms with Gasteiger partial charge in [-0.15, -0.1) is 21.5 Å². The van der Waals surface area contributed by atoms with E-state index in [0.29, 0.717) is 10.8 Å². The molecule has 3 rings (SSSR count). The Morgan fingerprint density at radius 2 is 2.25 bits per heavy atom. The maximum absolute atomic E-state index is 12.1. The number of carbonyl (C=O) groups excluding carboxylic acids is 1. The molecule has 5 nitrogen and oxygen atoms in total. The van der Waals surface area contributed by atoms with Crippen LogP contribution in [-0.2, 0) is 6.42 Å². The van der Waals surface area contributed by atoms with Crippen molar-refractivity contribution in [3.05, 3.63) is 32.9 Å². The van der Waals surface area contributed by atoms with Crippen LogP contribution in [0.5, 0.6) is 0 Å². The molecular formula is C12H10N4OS3.